The van der Waals surface area contributed by atoms with Gasteiger partial charge in [-0.3, -0.25) is 9.78 Å². The fraction of sp³-hybridized carbons (Fsp3) is 0. The highest BCUT2D eigenvalue weighted by atomic mass is 16.1. The highest BCUT2D eigenvalue weighted by Gasteiger charge is 2.06. The average molecular weight is 172 g/mol. The standard InChI is InChI=1S/C9H6N3O/c10-9(13)8-7-5-11-3-1-6(7)2-4-12-8/h1,3-5H,(H2,10,13). The number of carbonyl (C=O) groups is 1. The zero-order valence-electron chi connectivity index (χ0n) is 6.69. The van der Waals surface area contributed by atoms with E-state index in [1.165, 1.54) is 6.20 Å². The number of hydrogen-bond donors (Lipinski definition) is 1. The van der Waals surface area contributed by atoms with Gasteiger partial charge in [-0.05, 0) is 11.5 Å². The van der Waals surface area contributed by atoms with Gasteiger partial charge in [-0.25, -0.2) is 4.98 Å². The molecule has 0 bridgehead atoms. The maximum absolute atomic E-state index is 10.9. The van der Waals surface area contributed by atoms with Crippen molar-refractivity contribution in [2.24, 2.45) is 5.73 Å². The van der Waals surface area contributed by atoms with Crippen molar-refractivity contribution < 1.29 is 4.79 Å². The van der Waals surface area contributed by atoms with Crippen LogP contribution in [-0.2, 0) is 0 Å². The Kier molecular flexibility index (Phi) is 1.66. The summed E-state index contributed by atoms with van der Waals surface area (Å²) in [5, 5.41) is 1.43. The first-order valence-electron chi connectivity index (χ1n) is 3.69. The summed E-state index contributed by atoms with van der Waals surface area (Å²) in [6, 6.07) is 4.64. The van der Waals surface area contributed by atoms with Gasteiger partial charge in [0.2, 0.25) is 0 Å². The second-order valence-electron chi connectivity index (χ2n) is 2.54. The number of carbonyl (C=O) groups excluding carboxylic acids is 1. The summed E-state index contributed by atoms with van der Waals surface area (Å²) in [6.07, 6.45) is 4.62. The summed E-state index contributed by atoms with van der Waals surface area (Å²) < 4.78 is 0. The molecule has 2 N–H and O–H groups in total. The summed E-state index contributed by atoms with van der Waals surface area (Å²) in [4.78, 5) is 18.7. The van der Waals surface area contributed by atoms with E-state index in [1.807, 2.05) is 0 Å². The van der Waals surface area contributed by atoms with Gasteiger partial charge in [0.05, 0.1) is 0 Å². The molecule has 1 radical (unpaired) electrons. The average Bonchev–Trinajstić information content (AvgIpc) is 2.17. The van der Waals surface area contributed by atoms with Gasteiger partial charge in [-0.1, -0.05) is 0 Å². The second-order valence-corrected chi connectivity index (χ2v) is 2.54. The first-order chi connectivity index (χ1) is 6.29. The molecular weight excluding hydrogens is 166 g/mol. The molecule has 0 aliphatic carbocycles. The van der Waals surface area contributed by atoms with Crippen LogP contribution in [-0.4, -0.2) is 15.9 Å². The van der Waals surface area contributed by atoms with Gasteiger partial charge in [0.1, 0.15) is 5.69 Å². The van der Waals surface area contributed by atoms with Crippen molar-refractivity contribution >= 4 is 16.7 Å². The normalized spacial score (nSPS) is 10.2. The number of amides is 1. The van der Waals surface area contributed by atoms with Crippen LogP contribution in [0, 0.1) is 6.07 Å². The Morgan fingerprint density at radius 1 is 1.54 bits per heavy atom. The molecule has 0 atom stereocenters. The monoisotopic (exact) mass is 172 g/mol. The van der Waals surface area contributed by atoms with Crippen LogP contribution < -0.4 is 5.73 Å². The predicted octanol–water partition coefficient (Wildman–Crippen LogP) is 0.529. The van der Waals surface area contributed by atoms with Crippen LogP contribution in [0.1, 0.15) is 10.5 Å². The van der Waals surface area contributed by atoms with E-state index in [0.717, 1.165) is 5.39 Å². The van der Waals surface area contributed by atoms with E-state index in [-0.39, 0.29) is 5.69 Å². The van der Waals surface area contributed by atoms with Crippen LogP contribution >= 0.6 is 0 Å². The van der Waals surface area contributed by atoms with Crippen molar-refractivity contribution in [2.45, 2.75) is 0 Å². The molecule has 2 aromatic rings. The summed E-state index contributed by atoms with van der Waals surface area (Å²) in [5.74, 6) is -0.549. The van der Waals surface area contributed by atoms with E-state index in [9.17, 15) is 4.79 Å². The number of rotatable bonds is 1. The smallest absolute Gasteiger partial charge is 0.268 e. The molecule has 63 valence electrons. The van der Waals surface area contributed by atoms with Crippen LogP contribution in [0.25, 0.3) is 10.8 Å². The van der Waals surface area contributed by atoms with Gasteiger partial charge < -0.3 is 5.73 Å². The highest BCUT2D eigenvalue weighted by molar-refractivity contribution is 6.03. The Morgan fingerprint density at radius 2 is 2.38 bits per heavy atom. The largest absolute Gasteiger partial charge is 0.364 e. The van der Waals surface area contributed by atoms with Crippen molar-refractivity contribution in [2.75, 3.05) is 0 Å². The summed E-state index contributed by atoms with van der Waals surface area (Å²) in [6.45, 7) is 0. The summed E-state index contributed by atoms with van der Waals surface area (Å²) >= 11 is 0. The zero-order valence-corrected chi connectivity index (χ0v) is 6.69. The number of aromatic nitrogens is 2. The Bertz CT molecular complexity index is 462. The molecule has 2 rings (SSSR count). The summed E-state index contributed by atoms with van der Waals surface area (Å²) in [7, 11) is 0. The first kappa shape index (κ1) is 7.67. The maximum Gasteiger partial charge on any atom is 0.268 e. The number of primary amides is 1. The molecule has 0 aliphatic heterocycles. The third kappa shape index (κ3) is 1.22. The molecule has 0 aromatic carbocycles. The summed E-state index contributed by atoms with van der Waals surface area (Å²) in [5.41, 5.74) is 5.37. The van der Waals surface area contributed by atoms with E-state index in [1.54, 1.807) is 18.5 Å². The van der Waals surface area contributed by atoms with Crippen LogP contribution in [0.4, 0.5) is 0 Å². The minimum absolute atomic E-state index is 0.238. The van der Waals surface area contributed by atoms with Crippen molar-refractivity contribution in [3.05, 3.63) is 36.4 Å². The van der Waals surface area contributed by atoms with Gasteiger partial charge in [-0.2, -0.15) is 0 Å². The number of pyridine rings is 2. The molecule has 0 unspecified atom stereocenters. The molecule has 1 amide bonds. The fourth-order valence-corrected chi connectivity index (χ4v) is 1.14. The van der Waals surface area contributed by atoms with Crippen molar-refractivity contribution in [3.8, 4) is 0 Å². The molecular formula is C9H6N3O. The van der Waals surface area contributed by atoms with Gasteiger partial charge in [0.15, 0.2) is 0 Å². The van der Waals surface area contributed by atoms with E-state index in [0.29, 0.717) is 5.39 Å². The number of nitrogens with two attached hydrogens (primary N) is 1. The Labute approximate surface area is 74.4 Å². The maximum atomic E-state index is 10.9. The number of fused-ring (bicyclic) bond motifs is 1. The minimum Gasteiger partial charge on any atom is -0.364 e. The third-order valence-corrected chi connectivity index (χ3v) is 1.72. The van der Waals surface area contributed by atoms with Crippen LogP contribution in [0.3, 0.4) is 0 Å². The molecule has 0 aliphatic rings. The number of hydrogen-bond acceptors (Lipinski definition) is 3. The molecule has 0 fully saturated rings. The minimum atomic E-state index is -0.549. The molecule has 0 saturated heterocycles. The highest BCUT2D eigenvalue weighted by Crippen LogP contribution is 2.13. The van der Waals surface area contributed by atoms with Crippen molar-refractivity contribution in [1.29, 1.82) is 0 Å². The third-order valence-electron chi connectivity index (χ3n) is 1.72. The zero-order chi connectivity index (χ0) is 9.26. The van der Waals surface area contributed by atoms with Gasteiger partial charge in [0, 0.05) is 30.0 Å². The first-order valence-corrected chi connectivity index (χ1v) is 3.69. The lowest BCUT2D eigenvalue weighted by atomic mass is 10.1. The van der Waals surface area contributed by atoms with Crippen LogP contribution in [0.2, 0.25) is 0 Å². The lowest BCUT2D eigenvalue weighted by Gasteiger charge is -1.99. The molecule has 4 nitrogen and oxygen atoms in total. The Balaban J connectivity index is 2.83. The van der Waals surface area contributed by atoms with Crippen molar-refractivity contribution in [1.82, 2.24) is 9.97 Å². The molecule has 2 aromatic heterocycles. The molecule has 0 spiro atoms. The number of nitrogens with zero attached hydrogens (tertiary/aromatic N) is 2. The Hall–Kier alpha value is -1.97. The predicted molar refractivity (Wildman–Crippen MR) is 46.9 cm³/mol. The van der Waals surface area contributed by atoms with E-state index in [4.69, 9.17) is 5.73 Å². The molecule has 2 heterocycles. The SMILES string of the molecule is NC(=O)c1nc[c]c2ccncc12. The quantitative estimate of drug-likeness (QED) is 0.682. The van der Waals surface area contributed by atoms with Crippen molar-refractivity contribution in [3.63, 3.8) is 0 Å². The second kappa shape index (κ2) is 2.82. The van der Waals surface area contributed by atoms with Crippen LogP contribution in [0.15, 0.2) is 24.7 Å². The molecule has 13 heavy (non-hydrogen) atoms. The molecule has 4 heteroatoms. The molecule has 0 saturated carbocycles. The van der Waals surface area contributed by atoms with Gasteiger partial charge >= 0.3 is 0 Å². The van der Waals surface area contributed by atoms with Gasteiger partial charge in [0.25, 0.3) is 5.91 Å². The van der Waals surface area contributed by atoms with Crippen LogP contribution in [0.5, 0.6) is 0 Å². The topological polar surface area (TPSA) is 68.9 Å². The van der Waals surface area contributed by atoms with E-state index in [2.05, 4.69) is 16.0 Å². The van der Waals surface area contributed by atoms with E-state index >= 15 is 0 Å². The fourth-order valence-electron chi connectivity index (χ4n) is 1.14. The van der Waals surface area contributed by atoms with E-state index < -0.39 is 5.91 Å². The lowest BCUT2D eigenvalue weighted by molar-refractivity contribution is 0.0997. The Morgan fingerprint density at radius 3 is 3.15 bits per heavy atom. The van der Waals surface area contributed by atoms with Gasteiger partial charge in [-0.15, -0.1) is 0 Å². The lowest BCUT2D eigenvalue weighted by Crippen LogP contribution is -2.13.